The van der Waals surface area contributed by atoms with Crippen molar-refractivity contribution in [1.82, 2.24) is 5.01 Å². The van der Waals surface area contributed by atoms with Crippen molar-refractivity contribution in [3.8, 4) is 23.0 Å². The molecule has 0 bridgehead atoms. The zero-order valence-electron chi connectivity index (χ0n) is 20.0. The van der Waals surface area contributed by atoms with E-state index in [2.05, 4.69) is 15.7 Å². The minimum atomic E-state index is -1.03. The van der Waals surface area contributed by atoms with Gasteiger partial charge in [-0.25, -0.2) is 4.90 Å². The van der Waals surface area contributed by atoms with Gasteiger partial charge in [0.05, 0.1) is 19.9 Å². The second-order valence-electron chi connectivity index (χ2n) is 8.23. The summed E-state index contributed by atoms with van der Waals surface area (Å²) in [5.41, 5.74) is 0.860. The first kappa shape index (κ1) is 23.8. The summed E-state index contributed by atoms with van der Waals surface area (Å²) in [6.07, 6.45) is 0. The molecule has 2 aliphatic rings. The third-order valence-electron chi connectivity index (χ3n) is 5.91. The Kier molecular flexibility index (Phi) is 6.42. The van der Waals surface area contributed by atoms with Crippen molar-refractivity contribution >= 4 is 29.1 Å². The van der Waals surface area contributed by atoms with Gasteiger partial charge in [0.2, 0.25) is 5.91 Å². The number of hydrogen-bond donors (Lipinski definition) is 1. The standard InChI is InChI=1S/C26H23N5O6/c1-35-20-13-10-17(14-21(20)36-2)31-25(33)23-24(26(31)34)30(29-28-23)15-22(32)27-16-8-11-19(12-9-16)37-18-6-4-3-5-7-18/h3-14,23-24H,15H2,1-2H3,(H,27,32). The lowest BCUT2D eigenvalue weighted by molar-refractivity contribution is -0.123. The molecule has 2 aliphatic heterocycles. The molecule has 0 aliphatic carbocycles. The lowest BCUT2D eigenvalue weighted by atomic mass is 10.1. The van der Waals surface area contributed by atoms with Crippen molar-refractivity contribution in [2.24, 2.45) is 10.3 Å². The van der Waals surface area contributed by atoms with Gasteiger partial charge in [-0.1, -0.05) is 23.4 Å². The Morgan fingerprint density at radius 2 is 1.59 bits per heavy atom. The first-order valence-corrected chi connectivity index (χ1v) is 11.4. The molecule has 0 aromatic heterocycles. The van der Waals surface area contributed by atoms with Crippen molar-refractivity contribution in [2.75, 3.05) is 31.0 Å². The Bertz CT molecular complexity index is 1360. The maximum Gasteiger partial charge on any atom is 0.263 e. The summed E-state index contributed by atoms with van der Waals surface area (Å²) in [7, 11) is 2.95. The van der Waals surface area contributed by atoms with E-state index in [1.807, 2.05) is 30.3 Å². The van der Waals surface area contributed by atoms with Crippen molar-refractivity contribution in [2.45, 2.75) is 12.1 Å². The highest BCUT2D eigenvalue weighted by molar-refractivity contribution is 6.25. The van der Waals surface area contributed by atoms with E-state index in [0.29, 0.717) is 34.4 Å². The van der Waals surface area contributed by atoms with Crippen LogP contribution in [0, 0.1) is 0 Å². The van der Waals surface area contributed by atoms with Gasteiger partial charge in [0.25, 0.3) is 11.8 Å². The molecule has 11 heteroatoms. The highest BCUT2D eigenvalue weighted by Crippen LogP contribution is 2.36. The summed E-state index contributed by atoms with van der Waals surface area (Å²) in [5.74, 6) is 0.683. The molecule has 11 nitrogen and oxygen atoms in total. The molecule has 2 heterocycles. The van der Waals surface area contributed by atoms with Gasteiger partial charge in [0, 0.05) is 11.8 Å². The van der Waals surface area contributed by atoms with Gasteiger partial charge < -0.3 is 19.5 Å². The van der Waals surface area contributed by atoms with Crippen LogP contribution in [-0.2, 0) is 14.4 Å². The van der Waals surface area contributed by atoms with E-state index in [-0.39, 0.29) is 6.54 Å². The molecule has 5 rings (SSSR count). The fraction of sp³-hybridized carbons (Fsp3) is 0.192. The summed E-state index contributed by atoms with van der Waals surface area (Å²) in [5, 5.41) is 11.9. The highest BCUT2D eigenvalue weighted by atomic mass is 16.5. The second-order valence-corrected chi connectivity index (χ2v) is 8.23. The van der Waals surface area contributed by atoms with E-state index in [0.717, 1.165) is 4.90 Å². The molecule has 0 radical (unpaired) electrons. The number of carbonyl (C=O) groups excluding carboxylic acids is 3. The number of fused-ring (bicyclic) bond motifs is 1. The van der Waals surface area contributed by atoms with Gasteiger partial charge in [-0.2, -0.15) is 5.11 Å². The summed E-state index contributed by atoms with van der Waals surface area (Å²) in [6.45, 7) is -0.258. The maximum absolute atomic E-state index is 13.2. The largest absolute Gasteiger partial charge is 0.493 e. The van der Waals surface area contributed by atoms with E-state index in [9.17, 15) is 14.4 Å². The van der Waals surface area contributed by atoms with Crippen LogP contribution in [0.1, 0.15) is 0 Å². The van der Waals surface area contributed by atoms with Crippen LogP contribution >= 0.6 is 0 Å². The van der Waals surface area contributed by atoms with Gasteiger partial charge in [0.15, 0.2) is 23.6 Å². The maximum atomic E-state index is 13.2. The predicted octanol–water partition coefficient (Wildman–Crippen LogP) is 3.43. The van der Waals surface area contributed by atoms with Crippen molar-refractivity contribution < 1.29 is 28.6 Å². The number of para-hydroxylation sites is 1. The fourth-order valence-electron chi connectivity index (χ4n) is 4.15. The Hall–Kier alpha value is -4.93. The zero-order valence-corrected chi connectivity index (χ0v) is 20.0. The van der Waals surface area contributed by atoms with E-state index < -0.39 is 29.8 Å². The normalized spacial score (nSPS) is 18.1. The van der Waals surface area contributed by atoms with Gasteiger partial charge >= 0.3 is 0 Å². The Morgan fingerprint density at radius 3 is 2.30 bits per heavy atom. The number of rotatable bonds is 8. The number of carbonyl (C=O) groups is 3. The molecular formula is C26H23N5O6. The predicted molar refractivity (Wildman–Crippen MR) is 133 cm³/mol. The van der Waals surface area contributed by atoms with E-state index in [1.165, 1.54) is 25.3 Å². The molecule has 2 unspecified atom stereocenters. The van der Waals surface area contributed by atoms with Crippen LogP contribution in [0.25, 0.3) is 0 Å². The zero-order chi connectivity index (χ0) is 25.9. The van der Waals surface area contributed by atoms with Crippen LogP contribution in [-0.4, -0.2) is 55.6 Å². The first-order chi connectivity index (χ1) is 18.0. The summed E-state index contributed by atoms with van der Waals surface area (Å²) in [6, 6.07) is 18.9. The van der Waals surface area contributed by atoms with Crippen molar-refractivity contribution in [3.63, 3.8) is 0 Å². The molecular weight excluding hydrogens is 478 g/mol. The van der Waals surface area contributed by atoms with Gasteiger partial charge in [-0.15, -0.1) is 0 Å². The number of hydrogen-bond acceptors (Lipinski definition) is 9. The summed E-state index contributed by atoms with van der Waals surface area (Å²) >= 11 is 0. The summed E-state index contributed by atoms with van der Waals surface area (Å²) in [4.78, 5) is 39.9. The van der Waals surface area contributed by atoms with Crippen LogP contribution in [0.15, 0.2) is 83.1 Å². The van der Waals surface area contributed by atoms with E-state index in [4.69, 9.17) is 14.2 Å². The number of anilines is 2. The van der Waals surface area contributed by atoms with E-state index in [1.54, 1.807) is 36.4 Å². The third kappa shape index (κ3) is 4.66. The molecule has 1 saturated heterocycles. The lowest BCUT2D eigenvalue weighted by Gasteiger charge is -2.20. The molecule has 0 saturated carbocycles. The van der Waals surface area contributed by atoms with Gasteiger partial charge in [-0.3, -0.25) is 19.4 Å². The number of nitrogens with zero attached hydrogens (tertiary/aromatic N) is 4. The highest BCUT2D eigenvalue weighted by Gasteiger charge is 2.55. The Labute approximate surface area is 212 Å². The average molecular weight is 501 g/mol. The fourth-order valence-corrected chi connectivity index (χ4v) is 4.15. The molecule has 1 fully saturated rings. The molecule has 188 valence electrons. The summed E-state index contributed by atoms with van der Waals surface area (Å²) < 4.78 is 16.3. The molecule has 3 amide bonds. The molecule has 3 aromatic carbocycles. The SMILES string of the molecule is COc1ccc(N2C(=O)C3N=NN(CC(=O)Nc4ccc(Oc5ccccc5)cc4)C3C2=O)cc1OC. The third-order valence-corrected chi connectivity index (χ3v) is 5.91. The smallest absolute Gasteiger partial charge is 0.263 e. The van der Waals surface area contributed by atoms with Crippen LogP contribution in [0.4, 0.5) is 11.4 Å². The minimum Gasteiger partial charge on any atom is -0.493 e. The van der Waals surface area contributed by atoms with Gasteiger partial charge in [-0.05, 0) is 48.5 Å². The van der Waals surface area contributed by atoms with Crippen LogP contribution < -0.4 is 24.4 Å². The molecule has 1 N–H and O–H groups in total. The molecule has 37 heavy (non-hydrogen) atoms. The number of imide groups is 1. The van der Waals surface area contributed by atoms with Crippen LogP contribution in [0.5, 0.6) is 23.0 Å². The van der Waals surface area contributed by atoms with Gasteiger partial charge in [0.1, 0.15) is 18.0 Å². The quantitative estimate of drug-likeness (QED) is 0.469. The van der Waals surface area contributed by atoms with Crippen molar-refractivity contribution in [1.29, 1.82) is 0 Å². The molecule has 0 spiro atoms. The van der Waals surface area contributed by atoms with Crippen LogP contribution in [0.2, 0.25) is 0 Å². The lowest BCUT2D eigenvalue weighted by Crippen LogP contribution is -2.43. The number of nitrogens with one attached hydrogen (secondary N) is 1. The second kappa shape index (κ2) is 9.97. The number of benzene rings is 3. The monoisotopic (exact) mass is 501 g/mol. The number of ether oxygens (including phenoxy) is 3. The topological polar surface area (TPSA) is 122 Å². The first-order valence-electron chi connectivity index (χ1n) is 11.4. The van der Waals surface area contributed by atoms with Crippen LogP contribution in [0.3, 0.4) is 0 Å². The van der Waals surface area contributed by atoms with E-state index >= 15 is 0 Å². The number of methoxy groups -OCH3 is 2. The molecule has 3 aromatic rings. The molecule has 2 atom stereocenters. The van der Waals surface area contributed by atoms with Crippen molar-refractivity contribution in [3.05, 3.63) is 72.8 Å². The minimum absolute atomic E-state index is 0.258. The average Bonchev–Trinajstić information content (AvgIpc) is 3.44. The Morgan fingerprint density at radius 1 is 0.892 bits per heavy atom. The Balaban J connectivity index is 1.23. The number of amides is 3.